The van der Waals surface area contributed by atoms with E-state index in [1.807, 2.05) is 4.90 Å². The van der Waals surface area contributed by atoms with E-state index in [0.717, 1.165) is 35.5 Å². The van der Waals surface area contributed by atoms with Crippen molar-refractivity contribution in [3.05, 3.63) is 64.7 Å². The number of ether oxygens (including phenoxy) is 2. The summed E-state index contributed by atoms with van der Waals surface area (Å²) in [4.78, 5) is 26.5. The van der Waals surface area contributed by atoms with Gasteiger partial charge in [0.1, 0.15) is 13.2 Å². The summed E-state index contributed by atoms with van der Waals surface area (Å²) >= 11 is 0. The second-order valence-electron chi connectivity index (χ2n) is 9.03. The number of benzene rings is 2. The van der Waals surface area contributed by atoms with Gasteiger partial charge in [-0.05, 0) is 66.8 Å². The average Bonchev–Trinajstić information content (AvgIpc) is 3.28. The lowest BCUT2D eigenvalue weighted by atomic mass is 9.71. The largest absolute Gasteiger partial charge is 0.486 e. The lowest BCUT2D eigenvalue weighted by molar-refractivity contribution is -0.129. The van der Waals surface area contributed by atoms with E-state index < -0.39 is 5.91 Å². The maximum Gasteiger partial charge on any atom is 0.248 e. The van der Waals surface area contributed by atoms with E-state index in [2.05, 4.69) is 19.1 Å². The molecule has 1 atom stereocenters. The van der Waals surface area contributed by atoms with Crippen LogP contribution >= 0.6 is 0 Å². The third-order valence-corrected chi connectivity index (χ3v) is 7.13. The first-order valence-corrected chi connectivity index (χ1v) is 11.3. The summed E-state index contributed by atoms with van der Waals surface area (Å²) < 4.78 is 11.7. The number of hydrogen-bond acceptors (Lipinski definition) is 4. The third kappa shape index (κ3) is 3.53. The van der Waals surface area contributed by atoms with E-state index in [9.17, 15) is 9.59 Å². The lowest BCUT2D eigenvalue weighted by Crippen LogP contribution is -2.48. The van der Waals surface area contributed by atoms with Gasteiger partial charge < -0.3 is 20.1 Å². The highest BCUT2D eigenvalue weighted by atomic mass is 16.6. The van der Waals surface area contributed by atoms with Gasteiger partial charge in [0.15, 0.2) is 11.5 Å². The predicted molar refractivity (Wildman–Crippen MR) is 122 cm³/mol. The molecule has 1 unspecified atom stereocenters. The van der Waals surface area contributed by atoms with Crippen molar-refractivity contribution < 1.29 is 19.1 Å². The van der Waals surface area contributed by atoms with Crippen molar-refractivity contribution in [3.63, 3.8) is 0 Å². The van der Waals surface area contributed by atoms with Gasteiger partial charge in [-0.15, -0.1) is 0 Å². The number of nitrogens with two attached hydrogens (primary N) is 1. The summed E-state index contributed by atoms with van der Waals surface area (Å²) in [7, 11) is 0. The molecule has 0 saturated heterocycles. The molecule has 2 amide bonds. The quantitative estimate of drug-likeness (QED) is 0.744. The number of carbonyl (C=O) groups excluding carboxylic acids is 2. The highest BCUT2D eigenvalue weighted by molar-refractivity contribution is 5.94. The Balaban J connectivity index is 1.45. The molecule has 2 aromatic carbocycles. The maximum atomic E-state index is 13.3. The summed E-state index contributed by atoms with van der Waals surface area (Å²) in [5.41, 5.74) is 9.06. The Morgan fingerprint density at radius 1 is 1.06 bits per heavy atom. The van der Waals surface area contributed by atoms with Gasteiger partial charge >= 0.3 is 0 Å². The standard InChI is InChI=1S/C26H28N2O4/c1-17-20-14-22-23(32-13-12-31-22)15-21(20)26(10-2-3-11-26)16-28(17)24(29)9-6-18-4-7-19(8-5-18)25(27)30/h4-9,14-15,17H,2-3,10-13,16H2,1H3,(H2,27,30). The smallest absolute Gasteiger partial charge is 0.248 e. The first-order valence-electron chi connectivity index (χ1n) is 11.3. The van der Waals surface area contributed by atoms with Crippen LogP contribution in [0.3, 0.4) is 0 Å². The van der Waals surface area contributed by atoms with Crippen LogP contribution in [-0.4, -0.2) is 36.5 Å². The molecule has 166 valence electrons. The number of hydrogen-bond donors (Lipinski definition) is 1. The van der Waals surface area contributed by atoms with Crippen LogP contribution in [0.4, 0.5) is 0 Å². The van der Waals surface area contributed by atoms with Crippen molar-refractivity contribution in [2.45, 2.75) is 44.1 Å². The summed E-state index contributed by atoms with van der Waals surface area (Å²) in [5.74, 6) is 1.13. The SMILES string of the molecule is CC1c2cc3c(cc2C2(CCCC2)CN1C(=O)C=Cc1ccc(C(N)=O)cc1)OCCO3. The minimum atomic E-state index is -0.462. The molecule has 0 bridgehead atoms. The third-order valence-electron chi connectivity index (χ3n) is 7.13. The molecule has 5 rings (SSSR count). The number of carbonyl (C=O) groups is 2. The summed E-state index contributed by atoms with van der Waals surface area (Å²) in [6, 6.07) is 11.1. The molecule has 0 aromatic heterocycles. The molecular formula is C26H28N2O4. The second-order valence-corrected chi connectivity index (χ2v) is 9.03. The Morgan fingerprint density at radius 3 is 2.38 bits per heavy atom. The highest BCUT2D eigenvalue weighted by Crippen LogP contribution is 2.51. The molecule has 0 radical (unpaired) electrons. The molecule has 3 aliphatic rings. The van der Waals surface area contributed by atoms with Crippen LogP contribution in [0.5, 0.6) is 11.5 Å². The summed E-state index contributed by atoms with van der Waals surface area (Å²) in [6.07, 6.45) is 7.92. The molecular weight excluding hydrogens is 404 g/mol. The van der Waals surface area contributed by atoms with Crippen LogP contribution in [-0.2, 0) is 10.2 Å². The summed E-state index contributed by atoms with van der Waals surface area (Å²) in [6.45, 7) is 3.92. The molecule has 1 aliphatic carbocycles. The van der Waals surface area contributed by atoms with Crippen LogP contribution in [0.25, 0.3) is 6.08 Å². The van der Waals surface area contributed by atoms with Crippen LogP contribution in [0.2, 0.25) is 0 Å². The van der Waals surface area contributed by atoms with Gasteiger partial charge in [0, 0.05) is 23.6 Å². The number of amides is 2. The molecule has 6 nitrogen and oxygen atoms in total. The van der Waals surface area contributed by atoms with Crippen LogP contribution in [0.1, 0.15) is 65.7 Å². The zero-order valence-electron chi connectivity index (χ0n) is 18.3. The number of nitrogens with zero attached hydrogens (tertiary/aromatic N) is 1. The Labute approximate surface area is 188 Å². The Bertz CT molecular complexity index is 1080. The number of primary amides is 1. The highest BCUT2D eigenvalue weighted by Gasteiger charge is 2.46. The summed E-state index contributed by atoms with van der Waals surface area (Å²) in [5, 5.41) is 0. The van der Waals surface area contributed by atoms with Crippen LogP contribution in [0.15, 0.2) is 42.5 Å². The van der Waals surface area contributed by atoms with Crippen molar-refractivity contribution in [2.24, 2.45) is 5.73 Å². The fraction of sp³-hybridized carbons (Fsp3) is 0.385. The molecule has 1 fully saturated rings. The van der Waals surface area contributed by atoms with Crippen molar-refractivity contribution in [3.8, 4) is 11.5 Å². The molecule has 2 aromatic rings. The molecule has 2 heterocycles. The van der Waals surface area contributed by atoms with Gasteiger partial charge in [-0.2, -0.15) is 0 Å². The second kappa shape index (κ2) is 8.01. The van der Waals surface area contributed by atoms with E-state index >= 15 is 0 Å². The zero-order valence-corrected chi connectivity index (χ0v) is 18.3. The molecule has 2 aliphatic heterocycles. The van der Waals surface area contributed by atoms with Crippen molar-refractivity contribution in [2.75, 3.05) is 19.8 Å². The van der Waals surface area contributed by atoms with E-state index in [-0.39, 0.29) is 17.4 Å². The first kappa shape index (κ1) is 20.6. The molecule has 1 spiro atoms. The molecule has 2 N–H and O–H groups in total. The van der Waals surface area contributed by atoms with E-state index in [1.165, 1.54) is 18.4 Å². The zero-order chi connectivity index (χ0) is 22.3. The Morgan fingerprint density at radius 2 is 1.72 bits per heavy atom. The van der Waals surface area contributed by atoms with Gasteiger partial charge in [0.25, 0.3) is 0 Å². The average molecular weight is 433 g/mol. The van der Waals surface area contributed by atoms with E-state index in [0.29, 0.717) is 25.3 Å². The van der Waals surface area contributed by atoms with Gasteiger partial charge in [-0.25, -0.2) is 0 Å². The van der Waals surface area contributed by atoms with E-state index in [4.69, 9.17) is 15.2 Å². The predicted octanol–water partition coefficient (Wildman–Crippen LogP) is 3.99. The van der Waals surface area contributed by atoms with Gasteiger partial charge in [-0.1, -0.05) is 25.0 Å². The van der Waals surface area contributed by atoms with E-state index in [1.54, 1.807) is 36.4 Å². The minimum absolute atomic E-state index is 0.0108. The molecule has 32 heavy (non-hydrogen) atoms. The molecule has 6 heteroatoms. The Hall–Kier alpha value is -3.28. The van der Waals surface area contributed by atoms with Crippen LogP contribution < -0.4 is 15.2 Å². The number of rotatable bonds is 3. The normalized spacial score (nSPS) is 21.0. The lowest BCUT2D eigenvalue weighted by Gasteiger charge is -2.46. The topological polar surface area (TPSA) is 81.9 Å². The van der Waals surface area contributed by atoms with Crippen LogP contribution in [0, 0.1) is 0 Å². The van der Waals surface area contributed by atoms with Gasteiger partial charge in [-0.3, -0.25) is 9.59 Å². The Kier molecular flexibility index (Phi) is 5.16. The van der Waals surface area contributed by atoms with Gasteiger partial charge in [0.2, 0.25) is 11.8 Å². The number of fused-ring (bicyclic) bond motifs is 3. The molecule has 1 saturated carbocycles. The first-order chi connectivity index (χ1) is 15.5. The van der Waals surface area contributed by atoms with Crippen molar-refractivity contribution >= 4 is 17.9 Å². The minimum Gasteiger partial charge on any atom is -0.486 e. The van der Waals surface area contributed by atoms with Crippen molar-refractivity contribution in [1.29, 1.82) is 0 Å². The maximum absolute atomic E-state index is 13.3. The fourth-order valence-corrected chi connectivity index (χ4v) is 5.40. The monoisotopic (exact) mass is 432 g/mol. The fourth-order valence-electron chi connectivity index (χ4n) is 5.40. The van der Waals surface area contributed by atoms with Crippen molar-refractivity contribution in [1.82, 2.24) is 4.90 Å². The van der Waals surface area contributed by atoms with Gasteiger partial charge in [0.05, 0.1) is 6.04 Å².